The van der Waals surface area contributed by atoms with E-state index in [4.69, 9.17) is 10.5 Å². The molecule has 1 fully saturated rings. The van der Waals surface area contributed by atoms with Crippen molar-refractivity contribution in [2.24, 2.45) is 5.73 Å². The third-order valence-corrected chi connectivity index (χ3v) is 3.92. The molecule has 20 heavy (non-hydrogen) atoms. The Balaban J connectivity index is 2.21. The van der Waals surface area contributed by atoms with Crippen molar-refractivity contribution >= 4 is 5.91 Å². The molecule has 0 saturated carbocycles. The number of nitrogens with two attached hydrogens (primary N) is 1. The van der Waals surface area contributed by atoms with Gasteiger partial charge in [0.15, 0.2) is 0 Å². The lowest BCUT2D eigenvalue weighted by molar-refractivity contribution is 0.0138. The minimum atomic E-state index is -0.156. The molecule has 0 bridgehead atoms. The summed E-state index contributed by atoms with van der Waals surface area (Å²) in [6.45, 7) is 2.90. The summed E-state index contributed by atoms with van der Waals surface area (Å²) in [5.74, 6) is -0.138. The van der Waals surface area contributed by atoms with E-state index >= 15 is 0 Å². The SMILES string of the molecule is COC1CCN(C(=O)c2cc(C)ccc2O)C(CN)C1. The van der Waals surface area contributed by atoms with Crippen LogP contribution in [0.5, 0.6) is 5.75 Å². The molecule has 1 aromatic carbocycles. The van der Waals surface area contributed by atoms with Gasteiger partial charge in [-0.25, -0.2) is 0 Å². The lowest BCUT2D eigenvalue weighted by atomic mass is 9.97. The summed E-state index contributed by atoms with van der Waals surface area (Å²) in [7, 11) is 1.68. The summed E-state index contributed by atoms with van der Waals surface area (Å²) >= 11 is 0. The zero-order chi connectivity index (χ0) is 14.7. The van der Waals surface area contributed by atoms with E-state index in [0.717, 1.165) is 18.4 Å². The van der Waals surface area contributed by atoms with E-state index in [-0.39, 0.29) is 23.8 Å². The van der Waals surface area contributed by atoms with Crippen LogP contribution >= 0.6 is 0 Å². The van der Waals surface area contributed by atoms with Gasteiger partial charge in [0.25, 0.3) is 5.91 Å². The summed E-state index contributed by atoms with van der Waals surface area (Å²) in [5, 5.41) is 9.89. The van der Waals surface area contributed by atoms with Crippen LogP contribution in [-0.2, 0) is 4.74 Å². The largest absolute Gasteiger partial charge is 0.507 e. The molecule has 2 rings (SSSR count). The molecule has 110 valence electrons. The van der Waals surface area contributed by atoms with Crippen molar-refractivity contribution < 1.29 is 14.6 Å². The van der Waals surface area contributed by atoms with Crippen LogP contribution in [0.25, 0.3) is 0 Å². The van der Waals surface area contributed by atoms with Crippen molar-refractivity contribution in [3.63, 3.8) is 0 Å². The Labute approximate surface area is 119 Å². The highest BCUT2D eigenvalue weighted by Crippen LogP contribution is 2.25. The summed E-state index contributed by atoms with van der Waals surface area (Å²) < 4.78 is 5.36. The van der Waals surface area contributed by atoms with E-state index in [0.29, 0.717) is 18.7 Å². The van der Waals surface area contributed by atoms with Crippen molar-refractivity contribution in [2.75, 3.05) is 20.2 Å². The minimum absolute atomic E-state index is 0.0187. The van der Waals surface area contributed by atoms with Gasteiger partial charge in [0.05, 0.1) is 11.7 Å². The average molecular weight is 278 g/mol. The van der Waals surface area contributed by atoms with Crippen molar-refractivity contribution in [1.82, 2.24) is 4.90 Å². The molecule has 0 aromatic heterocycles. The predicted molar refractivity (Wildman–Crippen MR) is 76.8 cm³/mol. The van der Waals surface area contributed by atoms with Crippen LogP contribution in [0.2, 0.25) is 0 Å². The van der Waals surface area contributed by atoms with Crippen LogP contribution in [0, 0.1) is 6.92 Å². The number of hydrogen-bond donors (Lipinski definition) is 2. The van der Waals surface area contributed by atoms with Gasteiger partial charge in [-0.15, -0.1) is 0 Å². The standard InChI is InChI=1S/C15H22N2O3/c1-10-3-4-14(18)13(7-10)15(19)17-6-5-12(20-2)8-11(17)9-16/h3-4,7,11-12,18H,5-6,8-9,16H2,1-2H3. The maximum atomic E-state index is 12.6. The van der Waals surface area contributed by atoms with Crippen LogP contribution in [0.4, 0.5) is 0 Å². The third kappa shape index (κ3) is 2.94. The number of likely N-dealkylation sites (tertiary alicyclic amines) is 1. The lowest BCUT2D eigenvalue weighted by Gasteiger charge is -2.38. The maximum absolute atomic E-state index is 12.6. The van der Waals surface area contributed by atoms with E-state index in [1.165, 1.54) is 0 Å². The van der Waals surface area contributed by atoms with Crippen LogP contribution in [0.15, 0.2) is 18.2 Å². The van der Waals surface area contributed by atoms with Crippen molar-refractivity contribution in [1.29, 1.82) is 0 Å². The second-order valence-corrected chi connectivity index (χ2v) is 5.29. The first-order valence-electron chi connectivity index (χ1n) is 6.90. The summed E-state index contributed by atoms with van der Waals surface area (Å²) in [4.78, 5) is 14.4. The lowest BCUT2D eigenvalue weighted by Crippen LogP contribution is -2.51. The van der Waals surface area contributed by atoms with Crippen LogP contribution < -0.4 is 5.73 Å². The quantitative estimate of drug-likeness (QED) is 0.873. The van der Waals surface area contributed by atoms with E-state index in [1.807, 2.05) is 6.92 Å². The molecular formula is C15H22N2O3. The molecule has 1 aliphatic rings. The normalized spacial score (nSPS) is 22.9. The van der Waals surface area contributed by atoms with Gasteiger partial charge < -0.3 is 20.5 Å². The number of aromatic hydroxyl groups is 1. The number of carbonyl (C=O) groups is 1. The fraction of sp³-hybridized carbons (Fsp3) is 0.533. The minimum Gasteiger partial charge on any atom is -0.507 e. The van der Waals surface area contributed by atoms with Crippen molar-refractivity contribution in [3.8, 4) is 5.75 Å². The van der Waals surface area contributed by atoms with E-state index in [1.54, 1.807) is 30.2 Å². The molecule has 1 aliphatic heterocycles. The summed E-state index contributed by atoms with van der Waals surface area (Å²) in [6.07, 6.45) is 1.69. The second-order valence-electron chi connectivity index (χ2n) is 5.29. The molecule has 1 aromatic rings. The van der Waals surface area contributed by atoms with Crippen molar-refractivity contribution in [3.05, 3.63) is 29.3 Å². The molecule has 1 saturated heterocycles. The number of rotatable bonds is 3. The van der Waals surface area contributed by atoms with Crippen molar-refractivity contribution in [2.45, 2.75) is 31.9 Å². The van der Waals surface area contributed by atoms with Crippen LogP contribution in [-0.4, -0.2) is 48.3 Å². The monoisotopic (exact) mass is 278 g/mol. The second kappa shape index (κ2) is 6.24. The van der Waals surface area contributed by atoms with Gasteiger partial charge in [-0.3, -0.25) is 4.79 Å². The smallest absolute Gasteiger partial charge is 0.257 e. The summed E-state index contributed by atoms with van der Waals surface area (Å²) in [6, 6.07) is 5.01. The number of carbonyl (C=O) groups excluding carboxylic acids is 1. The molecule has 2 atom stereocenters. The molecule has 5 nitrogen and oxygen atoms in total. The number of ether oxygens (including phenoxy) is 1. The first-order chi connectivity index (χ1) is 9.56. The Hall–Kier alpha value is -1.59. The topological polar surface area (TPSA) is 75.8 Å². The Kier molecular flexibility index (Phi) is 4.62. The fourth-order valence-corrected chi connectivity index (χ4v) is 2.70. The highest BCUT2D eigenvalue weighted by molar-refractivity contribution is 5.97. The molecule has 1 heterocycles. The number of nitrogens with zero attached hydrogens (tertiary/aromatic N) is 1. The Bertz CT molecular complexity index is 490. The molecule has 0 spiro atoms. The highest BCUT2D eigenvalue weighted by Gasteiger charge is 2.32. The number of phenols is 1. The maximum Gasteiger partial charge on any atom is 0.257 e. The fourth-order valence-electron chi connectivity index (χ4n) is 2.70. The number of phenolic OH excluding ortho intramolecular Hbond substituents is 1. The number of amides is 1. The number of aryl methyl sites for hydroxylation is 1. The number of benzene rings is 1. The van der Waals surface area contributed by atoms with Crippen LogP contribution in [0.1, 0.15) is 28.8 Å². The number of hydrogen-bond acceptors (Lipinski definition) is 4. The van der Waals surface area contributed by atoms with E-state index in [9.17, 15) is 9.90 Å². The zero-order valence-corrected chi connectivity index (χ0v) is 12.0. The van der Waals surface area contributed by atoms with E-state index < -0.39 is 0 Å². The van der Waals surface area contributed by atoms with Gasteiger partial charge in [0.2, 0.25) is 0 Å². The van der Waals surface area contributed by atoms with Gasteiger partial charge in [0, 0.05) is 26.2 Å². The zero-order valence-electron chi connectivity index (χ0n) is 12.0. The van der Waals surface area contributed by atoms with Gasteiger partial charge in [-0.2, -0.15) is 0 Å². The summed E-state index contributed by atoms with van der Waals surface area (Å²) in [5.41, 5.74) is 7.08. The molecular weight excluding hydrogens is 256 g/mol. The third-order valence-electron chi connectivity index (χ3n) is 3.92. The number of piperidine rings is 1. The average Bonchev–Trinajstić information content (AvgIpc) is 2.48. The van der Waals surface area contributed by atoms with Gasteiger partial charge in [-0.1, -0.05) is 11.6 Å². The van der Waals surface area contributed by atoms with Gasteiger partial charge in [-0.05, 0) is 31.9 Å². The molecule has 0 radical (unpaired) electrons. The molecule has 3 N–H and O–H groups in total. The molecule has 5 heteroatoms. The Morgan fingerprint density at radius 1 is 1.55 bits per heavy atom. The highest BCUT2D eigenvalue weighted by atomic mass is 16.5. The molecule has 2 unspecified atom stereocenters. The Morgan fingerprint density at radius 2 is 2.30 bits per heavy atom. The number of methoxy groups -OCH3 is 1. The molecule has 1 amide bonds. The first-order valence-corrected chi connectivity index (χ1v) is 6.90. The Morgan fingerprint density at radius 3 is 2.95 bits per heavy atom. The molecule has 0 aliphatic carbocycles. The van der Waals surface area contributed by atoms with Crippen LogP contribution in [0.3, 0.4) is 0 Å². The predicted octanol–water partition coefficient (Wildman–Crippen LogP) is 1.28. The van der Waals surface area contributed by atoms with E-state index in [2.05, 4.69) is 0 Å². The van der Waals surface area contributed by atoms with Gasteiger partial charge >= 0.3 is 0 Å². The van der Waals surface area contributed by atoms with Gasteiger partial charge in [0.1, 0.15) is 5.75 Å². The first kappa shape index (κ1) is 14.8.